The van der Waals surface area contributed by atoms with Crippen molar-refractivity contribution in [2.75, 3.05) is 24.2 Å². The van der Waals surface area contributed by atoms with Gasteiger partial charge in [0.05, 0.1) is 11.7 Å². The molecular formula is C13H18N4OS2. The van der Waals surface area contributed by atoms with E-state index in [2.05, 4.69) is 14.7 Å². The van der Waals surface area contributed by atoms with Gasteiger partial charge in [-0.1, -0.05) is 0 Å². The van der Waals surface area contributed by atoms with Crippen molar-refractivity contribution >= 4 is 33.7 Å². The SMILES string of the molecule is Cc1csc(-c2c(N)nsc2NCC2CCCCO2)n1. The molecule has 1 unspecified atom stereocenters. The summed E-state index contributed by atoms with van der Waals surface area (Å²) in [5, 5.41) is 7.38. The maximum absolute atomic E-state index is 5.99. The molecule has 0 amide bonds. The molecule has 0 saturated carbocycles. The van der Waals surface area contributed by atoms with E-state index in [4.69, 9.17) is 10.5 Å². The summed E-state index contributed by atoms with van der Waals surface area (Å²) in [6.45, 7) is 3.66. The van der Waals surface area contributed by atoms with Gasteiger partial charge in [0.1, 0.15) is 15.8 Å². The molecule has 1 aliphatic heterocycles. The van der Waals surface area contributed by atoms with Gasteiger partial charge in [-0.25, -0.2) is 4.98 Å². The Morgan fingerprint density at radius 1 is 1.50 bits per heavy atom. The Bertz CT molecular complexity index is 575. The van der Waals surface area contributed by atoms with Crippen LogP contribution in [-0.2, 0) is 4.74 Å². The molecule has 20 heavy (non-hydrogen) atoms. The molecule has 0 spiro atoms. The van der Waals surface area contributed by atoms with Crippen molar-refractivity contribution in [2.45, 2.75) is 32.3 Å². The maximum Gasteiger partial charge on any atom is 0.149 e. The van der Waals surface area contributed by atoms with Crippen LogP contribution in [-0.4, -0.2) is 28.6 Å². The van der Waals surface area contributed by atoms with Gasteiger partial charge in [-0.3, -0.25) is 0 Å². The molecule has 0 radical (unpaired) electrons. The zero-order valence-electron chi connectivity index (χ0n) is 11.4. The van der Waals surface area contributed by atoms with Crippen molar-refractivity contribution in [3.05, 3.63) is 11.1 Å². The molecule has 1 saturated heterocycles. The van der Waals surface area contributed by atoms with Gasteiger partial charge < -0.3 is 15.8 Å². The van der Waals surface area contributed by atoms with Crippen molar-refractivity contribution in [3.8, 4) is 10.6 Å². The average Bonchev–Trinajstić information content (AvgIpc) is 3.03. The standard InChI is InChI=1S/C13H18N4OS2/c1-8-7-19-13(16-8)10-11(14)17-20-12(10)15-6-9-4-2-3-5-18-9/h7,9,15H,2-6H2,1H3,(H2,14,17). The minimum absolute atomic E-state index is 0.290. The lowest BCUT2D eigenvalue weighted by atomic mass is 10.1. The van der Waals surface area contributed by atoms with E-state index in [0.717, 1.165) is 40.8 Å². The van der Waals surface area contributed by atoms with Gasteiger partial charge in [-0.2, -0.15) is 4.37 Å². The third-order valence-electron chi connectivity index (χ3n) is 3.32. The van der Waals surface area contributed by atoms with Gasteiger partial charge in [0.15, 0.2) is 0 Å². The highest BCUT2D eigenvalue weighted by molar-refractivity contribution is 7.15. The summed E-state index contributed by atoms with van der Waals surface area (Å²) in [7, 11) is 0. The minimum atomic E-state index is 0.290. The predicted octanol–water partition coefficient (Wildman–Crippen LogP) is 3.14. The highest BCUT2D eigenvalue weighted by Gasteiger charge is 2.19. The van der Waals surface area contributed by atoms with Crippen LogP contribution in [0.3, 0.4) is 0 Å². The van der Waals surface area contributed by atoms with Crippen molar-refractivity contribution in [1.29, 1.82) is 0 Å². The molecule has 2 aromatic rings. The molecule has 1 aliphatic rings. The number of nitrogens with zero attached hydrogens (tertiary/aromatic N) is 2. The summed E-state index contributed by atoms with van der Waals surface area (Å²) in [6, 6.07) is 0. The molecule has 3 rings (SSSR count). The fraction of sp³-hybridized carbons (Fsp3) is 0.538. The van der Waals surface area contributed by atoms with E-state index in [9.17, 15) is 0 Å². The zero-order valence-corrected chi connectivity index (χ0v) is 13.0. The maximum atomic E-state index is 5.99. The largest absolute Gasteiger partial charge is 0.382 e. The number of anilines is 2. The Balaban J connectivity index is 1.73. The van der Waals surface area contributed by atoms with E-state index in [0.29, 0.717) is 5.82 Å². The molecular weight excluding hydrogens is 292 g/mol. The first-order valence-electron chi connectivity index (χ1n) is 6.77. The first-order chi connectivity index (χ1) is 9.74. The summed E-state index contributed by atoms with van der Waals surface area (Å²) in [4.78, 5) is 4.50. The lowest BCUT2D eigenvalue weighted by Crippen LogP contribution is -2.26. The third kappa shape index (κ3) is 2.94. The molecule has 7 heteroatoms. The smallest absolute Gasteiger partial charge is 0.149 e. The highest BCUT2D eigenvalue weighted by atomic mass is 32.1. The van der Waals surface area contributed by atoms with Crippen LogP contribution in [0.25, 0.3) is 10.6 Å². The Kier molecular flexibility index (Phi) is 4.18. The number of thiazole rings is 1. The van der Waals surface area contributed by atoms with E-state index in [1.165, 1.54) is 24.4 Å². The predicted molar refractivity (Wildman–Crippen MR) is 84.5 cm³/mol. The highest BCUT2D eigenvalue weighted by Crippen LogP contribution is 2.38. The van der Waals surface area contributed by atoms with Crippen LogP contribution < -0.4 is 11.1 Å². The Hall–Kier alpha value is -1.18. The number of aryl methyl sites for hydroxylation is 1. The third-order valence-corrected chi connectivity index (χ3v) is 5.11. The molecule has 0 aliphatic carbocycles. The quantitative estimate of drug-likeness (QED) is 0.907. The van der Waals surface area contributed by atoms with E-state index in [-0.39, 0.29) is 6.10 Å². The summed E-state index contributed by atoms with van der Waals surface area (Å²) in [6.07, 6.45) is 3.83. The normalized spacial score (nSPS) is 19.1. The Labute approximate surface area is 126 Å². The number of nitrogens with one attached hydrogen (secondary N) is 1. The van der Waals surface area contributed by atoms with E-state index in [1.807, 2.05) is 12.3 Å². The van der Waals surface area contributed by atoms with Crippen LogP contribution >= 0.6 is 22.9 Å². The van der Waals surface area contributed by atoms with Crippen molar-refractivity contribution in [1.82, 2.24) is 9.36 Å². The van der Waals surface area contributed by atoms with Gasteiger partial charge in [-0.15, -0.1) is 11.3 Å². The van der Waals surface area contributed by atoms with Gasteiger partial charge in [0.2, 0.25) is 0 Å². The van der Waals surface area contributed by atoms with Crippen LogP contribution in [0.2, 0.25) is 0 Å². The lowest BCUT2D eigenvalue weighted by Gasteiger charge is -2.22. The second kappa shape index (κ2) is 6.07. The monoisotopic (exact) mass is 310 g/mol. The van der Waals surface area contributed by atoms with Crippen molar-refractivity contribution in [2.24, 2.45) is 0 Å². The zero-order chi connectivity index (χ0) is 13.9. The molecule has 0 bridgehead atoms. The Morgan fingerprint density at radius 2 is 2.40 bits per heavy atom. The number of hydrogen-bond donors (Lipinski definition) is 2. The summed E-state index contributed by atoms with van der Waals surface area (Å²) in [5.41, 5.74) is 7.93. The number of nitrogen functional groups attached to an aromatic ring is 1. The first kappa shape index (κ1) is 13.8. The van der Waals surface area contributed by atoms with Crippen molar-refractivity contribution < 1.29 is 4.74 Å². The Morgan fingerprint density at radius 3 is 3.10 bits per heavy atom. The van der Waals surface area contributed by atoms with Crippen LogP contribution in [0.1, 0.15) is 25.0 Å². The molecule has 5 nitrogen and oxygen atoms in total. The molecule has 1 fully saturated rings. The van der Waals surface area contributed by atoms with Crippen LogP contribution in [0, 0.1) is 6.92 Å². The topological polar surface area (TPSA) is 73.1 Å². The number of hydrogen-bond acceptors (Lipinski definition) is 7. The molecule has 2 aromatic heterocycles. The minimum Gasteiger partial charge on any atom is -0.382 e. The second-order valence-corrected chi connectivity index (χ2v) is 6.57. The number of aromatic nitrogens is 2. The van der Waals surface area contributed by atoms with Crippen molar-refractivity contribution in [3.63, 3.8) is 0 Å². The average molecular weight is 310 g/mol. The molecule has 3 heterocycles. The summed E-state index contributed by atoms with van der Waals surface area (Å²) < 4.78 is 9.98. The lowest BCUT2D eigenvalue weighted by molar-refractivity contribution is 0.0248. The van der Waals surface area contributed by atoms with Gasteiger partial charge >= 0.3 is 0 Å². The second-order valence-electron chi connectivity index (χ2n) is 4.94. The number of ether oxygens (including phenoxy) is 1. The molecule has 1 atom stereocenters. The number of nitrogens with two attached hydrogens (primary N) is 1. The van der Waals surface area contributed by atoms with Crippen LogP contribution in [0.5, 0.6) is 0 Å². The number of rotatable bonds is 4. The molecule has 3 N–H and O–H groups in total. The van der Waals surface area contributed by atoms with Gasteiger partial charge in [-0.05, 0) is 37.7 Å². The van der Waals surface area contributed by atoms with Crippen LogP contribution in [0.4, 0.5) is 10.8 Å². The van der Waals surface area contributed by atoms with E-state index in [1.54, 1.807) is 11.3 Å². The first-order valence-corrected chi connectivity index (χ1v) is 8.42. The molecule has 0 aromatic carbocycles. The molecule has 108 valence electrons. The summed E-state index contributed by atoms with van der Waals surface area (Å²) >= 11 is 3.00. The van der Waals surface area contributed by atoms with Crippen LogP contribution in [0.15, 0.2) is 5.38 Å². The van der Waals surface area contributed by atoms with Gasteiger partial charge in [0.25, 0.3) is 0 Å². The van der Waals surface area contributed by atoms with E-state index < -0.39 is 0 Å². The van der Waals surface area contributed by atoms with E-state index >= 15 is 0 Å². The van der Waals surface area contributed by atoms with Gasteiger partial charge in [0, 0.05) is 24.2 Å². The fourth-order valence-electron chi connectivity index (χ4n) is 2.27. The fourth-order valence-corrected chi connectivity index (χ4v) is 3.92. The summed E-state index contributed by atoms with van der Waals surface area (Å²) in [5.74, 6) is 0.552.